The minimum absolute atomic E-state index is 0.556. The fourth-order valence-electron chi connectivity index (χ4n) is 3.85. The molecule has 9 nitrogen and oxygen atoms in total. The maximum Gasteiger partial charge on any atom is 0.153 e. The van der Waals surface area contributed by atoms with Gasteiger partial charge in [0.25, 0.3) is 0 Å². The quantitative estimate of drug-likeness (QED) is 0.168. The van der Waals surface area contributed by atoms with Crippen molar-refractivity contribution in [3.63, 3.8) is 0 Å². The predicted molar refractivity (Wildman–Crippen MR) is 150 cm³/mol. The van der Waals surface area contributed by atoms with Crippen LogP contribution in [0.1, 0.15) is 31.7 Å². The van der Waals surface area contributed by atoms with E-state index >= 15 is 0 Å². The highest BCUT2D eigenvalue weighted by atomic mass is 16.5. The van der Waals surface area contributed by atoms with Gasteiger partial charge >= 0.3 is 0 Å². The summed E-state index contributed by atoms with van der Waals surface area (Å²) in [4.78, 5) is 10.9. The molecule has 0 aliphatic carbocycles. The molecule has 1 aliphatic heterocycles. The number of nitrogens with one attached hydrogen (secondary N) is 2. The van der Waals surface area contributed by atoms with Gasteiger partial charge in [-0.15, -0.1) is 0 Å². The number of ether oxygens (including phenoxy) is 1. The topological polar surface area (TPSA) is 91.4 Å². The van der Waals surface area contributed by atoms with Gasteiger partial charge in [-0.05, 0) is 45.2 Å². The number of nitrogens with zero attached hydrogens (tertiary/aromatic N) is 6. The van der Waals surface area contributed by atoms with E-state index in [-0.39, 0.29) is 0 Å². The monoisotopic (exact) mass is 492 g/mol. The molecule has 2 rings (SSSR count). The molecule has 0 radical (unpaired) electrons. The summed E-state index contributed by atoms with van der Waals surface area (Å²) in [5.74, 6) is 0.586. The zero-order valence-corrected chi connectivity index (χ0v) is 22.0. The number of hydrazone groups is 1. The Hall–Kier alpha value is -3.72. The molecular weight excluding hydrogens is 452 g/mol. The van der Waals surface area contributed by atoms with E-state index in [2.05, 4.69) is 68.5 Å². The van der Waals surface area contributed by atoms with Crippen molar-refractivity contribution in [3.8, 4) is 0 Å². The van der Waals surface area contributed by atoms with E-state index in [1.807, 2.05) is 38.5 Å². The Labute approximate surface area is 215 Å². The molecule has 0 saturated carbocycles. The summed E-state index contributed by atoms with van der Waals surface area (Å²) in [7, 11) is 3.69. The third-order valence-electron chi connectivity index (χ3n) is 5.51. The Morgan fingerprint density at radius 1 is 1.25 bits per heavy atom. The summed E-state index contributed by atoms with van der Waals surface area (Å²) in [6, 6.07) is 0. The number of allylic oxidation sites excluding steroid dienone is 5. The summed E-state index contributed by atoms with van der Waals surface area (Å²) in [5.41, 5.74) is 8.47. The van der Waals surface area contributed by atoms with Gasteiger partial charge in [-0.3, -0.25) is 9.67 Å². The van der Waals surface area contributed by atoms with Crippen molar-refractivity contribution >= 4 is 19.1 Å². The maximum atomic E-state index is 5.57. The Morgan fingerprint density at radius 3 is 2.56 bits per heavy atom. The lowest BCUT2D eigenvalue weighted by atomic mass is 10.0. The minimum atomic E-state index is 0.556. The minimum Gasteiger partial charge on any atom is -0.378 e. The summed E-state index contributed by atoms with van der Waals surface area (Å²) >= 11 is 0. The third-order valence-corrected chi connectivity index (χ3v) is 5.51. The molecule has 36 heavy (non-hydrogen) atoms. The number of unbranched alkanes of at least 4 members (excludes halogenated alkanes) is 1. The van der Waals surface area contributed by atoms with Crippen molar-refractivity contribution in [3.05, 3.63) is 77.7 Å². The number of aryl methyl sites for hydroxylation is 1. The second kappa shape index (κ2) is 15.3. The summed E-state index contributed by atoms with van der Waals surface area (Å²) in [6.07, 6.45) is 12.3. The summed E-state index contributed by atoms with van der Waals surface area (Å²) in [5, 5.41) is 12.0. The van der Waals surface area contributed by atoms with E-state index in [0.29, 0.717) is 31.3 Å². The average Bonchev–Trinajstić information content (AvgIpc) is 3.30. The lowest BCUT2D eigenvalue weighted by Crippen LogP contribution is -2.36. The Kier molecular flexibility index (Phi) is 12.1. The number of rotatable bonds is 15. The molecule has 1 saturated heterocycles. The van der Waals surface area contributed by atoms with Gasteiger partial charge in [0.15, 0.2) is 5.82 Å². The largest absolute Gasteiger partial charge is 0.378 e. The molecular formula is C27H40N8O. The highest BCUT2D eigenvalue weighted by Gasteiger charge is 2.20. The highest BCUT2D eigenvalue weighted by Crippen LogP contribution is 2.23. The highest BCUT2D eigenvalue weighted by molar-refractivity contribution is 6.02. The molecule has 2 N–H and O–H groups in total. The standard InChI is InChI=1S/C27H40N8O/c1-8-23(17-21(2)3)24(33-30-6)11-9-10-12-25(35-13-15-36-16-14-35)26(28-4)27(29-5)31-18-22-19-32-34(7)20-22/h8,12,17,19-20,30-31H,1-2,4-5,9-11,13-16,18H2,3,6-7H3/b23-17+,25-12+,27-26-,33-24+. The zero-order valence-electron chi connectivity index (χ0n) is 22.0. The maximum absolute atomic E-state index is 5.57. The van der Waals surface area contributed by atoms with Gasteiger partial charge in [0.05, 0.1) is 30.8 Å². The lowest BCUT2D eigenvalue weighted by molar-refractivity contribution is 0.0544. The zero-order chi connectivity index (χ0) is 26.3. The number of aromatic nitrogens is 2. The van der Waals surface area contributed by atoms with E-state index in [9.17, 15) is 0 Å². The normalized spacial score (nSPS) is 15.8. The fourth-order valence-corrected chi connectivity index (χ4v) is 3.85. The molecule has 0 amide bonds. The second-order valence-corrected chi connectivity index (χ2v) is 8.40. The van der Waals surface area contributed by atoms with Crippen LogP contribution in [-0.4, -0.2) is 67.2 Å². The van der Waals surface area contributed by atoms with E-state index in [4.69, 9.17) is 4.74 Å². The number of hydrogen-bond donors (Lipinski definition) is 2. The van der Waals surface area contributed by atoms with Gasteiger partial charge in [0.1, 0.15) is 5.70 Å². The summed E-state index contributed by atoms with van der Waals surface area (Å²) in [6.45, 7) is 20.9. The number of aliphatic imine (C=N–C) groups is 2. The number of morpholine rings is 1. The number of hydrogen-bond acceptors (Lipinski definition) is 8. The van der Waals surface area contributed by atoms with Crippen LogP contribution in [-0.2, 0) is 18.3 Å². The van der Waals surface area contributed by atoms with Gasteiger partial charge < -0.3 is 20.4 Å². The van der Waals surface area contributed by atoms with Gasteiger partial charge in [0.2, 0.25) is 0 Å². The molecule has 0 unspecified atom stereocenters. The predicted octanol–water partition coefficient (Wildman–Crippen LogP) is 3.73. The van der Waals surface area contributed by atoms with Crippen LogP contribution in [0.25, 0.3) is 0 Å². The van der Waals surface area contributed by atoms with Crippen molar-refractivity contribution in [2.24, 2.45) is 22.1 Å². The van der Waals surface area contributed by atoms with Crippen LogP contribution in [0.15, 0.2) is 87.2 Å². The van der Waals surface area contributed by atoms with Crippen molar-refractivity contribution in [1.29, 1.82) is 0 Å². The van der Waals surface area contributed by atoms with Gasteiger partial charge in [-0.25, -0.2) is 4.99 Å². The van der Waals surface area contributed by atoms with Crippen molar-refractivity contribution in [2.45, 2.75) is 32.7 Å². The first-order chi connectivity index (χ1) is 17.4. The Bertz CT molecular complexity index is 1040. The van der Waals surface area contributed by atoms with Gasteiger partial charge in [-0.1, -0.05) is 37.0 Å². The molecule has 1 fully saturated rings. The van der Waals surface area contributed by atoms with E-state index in [1.165, 1.54) is 0 Å². The van der Waals surface area contributed by atoms with Crippen LogP contribution in [0.2, 0.25) is 0 Å². The van der Waals surface area contributed by atoms with Gasteiger partial charge in [-0.2, -0.15) is 10.2 Å². The van der Waals surface area contributed by atoms with Crippen LogP contribution < -0.4 is 10.7 Å². The first-order valence-electron chi connectivity index (χ1n) is 12.1. The van der Waals surface area contributed by atoms with Crippen molar-refractivity contribution < 1.29 is 4.74 Å². The smallest absolute Gasteiger partial charge is 0.153 e. The average molecular weight is 493 g/mol. The van der Waals surface area contributed by atoms with Gasteiger partial charge in [0, 0.05) is 45.5 Å². The lowest BCUT2D eigenvalue weighted by Gasteiger charge is -2.31. The molecule has 0 spiro atoms. The van der Waals surface area contributed by atoms with Crippen LogP contribution >= 0.6 is 0 Å². The molecule has 0 aromatic carbocycles. The molecule has 1 aliphatic rings. The molecule has 1 aromatic rings. The molecule has 9 heteroatoms. The molecule has 0 atom stereocenters. The van der Waals surface area contributed by atoms with Crippen LogP contribution in [0.5, 0.6) is 0 Å². The molecule has 0 bridgehead atoms. The Morgan fingerprint density at radius 2 is 2.00 bits per heavy atom. The van der Waals surface area contributed by atoms with Crippen LogP contribution in [0.4, 0.5) is 0 Å². The second-order valence-electron chi connectivity index (χ2n) is 8.40. The first kappa shape index (κ1) is 28.5. The van der Waals surface area contributed by atoms with Crippen LogP contribution in [0.3, 0.4) is 0 Å². The van der Waals surface area contributed by atoms with E-state index < -0.39 is 0 Å². The van der Waals surface area contributed by atoms with Crippen molar-refractivity contribution in [1.82, 2.24) is 25.4 Å². The molecule has 1 aromatic heterocycles. The molecule has 194 valence electrons. The SMILES string of the molecule is C=CC(=C\C(=C)C)/C(CCC/C=C(\C(N=C)=C(/N=C)NCc1cnn(C)c1)N1CCOCC1)=N/NC. The van der Waals surface area contributed by atoms with E-state index in [1.54, 1.807) is 11.7 Å². The Balaban J connectivity index is 2.26. The van der Waals surface area contributed by atoms with E-state index in [0.717, 1.165) is 60.5 Å². The van der Waals surface area contributed by atoms with Crippen molar-refractivity contribution in [2.75, 3.05) is 33.4 Å². The fraction of sp³-hybridized carbons (Fsp3) is 0.407. The third kappa shape index (κ3) is 8.81. The first-order valence-corrected chi connectivity index (χ1v) is 12.1. The molecule has 2 heterocycles. The van der Waals surface area contributed by atoms with Crippen LogP contribution in [0, 0.1) is 0 Å². The summed E-state index contributed by atoms with van der Waals surface area (Å²) < 4.78 is 7.34.